The van der Waals surface area contributed by atoms with Gasteiger partial charge in [0.15, 0.2) is 0 Å². The Morgan fingerprint density at radius 2 is 1.89 bits per heavy atom. The van der Waals surface area contributed by atoms with Crippen LogP contribution in [-0.2, 0) is 6.42 Å². The minimum absolute atomic E-state index is 0.801. The third kappa shape index (κ3) is 2.86. The topological polar surface area (TPSA) is 3.24 Å². The highest BCUT2D eigenvalue weighted by Gasteiger charge is 2.41. The fourth-order valence-electron chi connectivity index (χ4n) is 4.35. The molecule has 0 radical (unpaired) electrons. The highest BCUT2D eigenvalue weighted by Crippen LogP contribution is 2.40. The summed E-state index contributed by atoms with van der Waals surface area (Å²) >= 11 is 0. The van der Waals surface area contributed by atoms with Gasteiger partial charge in [0.2, 0.25) is 0 Å². The van der Waals surface area contributed by atoms with Gasteiger partial charge in [-0.25, -0.2) is 0 Å². The lowest BCUT2D eigenvalue weighted by Gasteiger charge is -2.33. The molecule has 1 aromatic rings. The van der Waals surface area contributed by atoms with Crippen molar-refractivity contribution in [2.24, 2.45) is 5.92 Å². The second kappa shape index (κ2) is 6.09. The molecule has 3 rings (SSSR count). The Bertz CT molecular complexity index is 386. The normalized spacial score (nSPS) is 31.3. The third-order valence-corrected chi connectivity index (χ3v) is 5.13. The molecular weight excluding hydrogens is 230 g/mol. The lowest BCUT2D eigenvalue weighted by atomic mass is 9.84. The highest BCUT2D eigenvalue weighted by atomic mass is 15.2. The van der Waals surface area contributed by atoms with Gasteiger partial charge in [0.1, 0.15) is 0 Å². The number of likely N-dealkylation sites (tertiary alicyclic amines) is 1. The van der Waals surface area contributed by atoms with Crippen LogP contribution in [0.1, 0.15) is 51.0 Å². The smallest absolute Gasteiger partial charge is 0.0142 e. The molecule has 1 aromatic carbocycles. The van der Waals surface area contributed by atoms with Crippen molar-refractivity contribution in [2.45, 2.75) is 64.0 Å². The summed E-state index contributed by atoms with van der Waals surface area (Å²) in [6.07, 6.45) is 9.87. The number of hydrogen-bond acceptors (Lipinski definition) is 1. The van der Waals surface area contributed by atoms with Crippen molar-refractivity contribution in [3.8, 4) is 0 Å². The standard InChI is InChI=1S/C18H27N/c1-2-12-19-17(13-15-8-4-3-5-9-15)14-16-10-6-7-11-18(16)19/h3-5,8-9,16-18H,2,6-7,10-14H2,1H3. The van der Waals surface area contributed by atoms with Crippen molar-refractivity contribution < 1.29 is 0 Å². The van der Waals surface area contributed by atoms with Crippen molar-refractivity contribution in [3.05, 3.63) is 35.9 Å². The zero-order chi connectivity index (χ0) is 13.1. The largest absolute Gasteiger partial charge is 0.297 e. The van der Waals surface area contributed by atoms with E-state index in [1.165, 1.54) is 57.1 Å². The van der Waals surface area contributed by atoms with Crippen molar-refractivity contribution >= 4 is 0 Å². The number of benzene rings is 1. The molecule has 19 heavy (non-hydrogen) atoms. The molecule has 1 heterocycles. The molecule has 1 heteroatoms. The summed E-state index contributed by atoms with van der Waals surface area (Å²) in [6, 6.07) is 12.8. The van der Waals surface area contributed by atoms with E-state index in [1.54, 1.807) is 0 Å². The van der Waals surface area contributed by atoms with Crippen LogP contribution in [0, 0.1) is 5.92 Å². The van der Waals surface area contributed by atoms with Gasteiger partial charge in [0.25, 0.3) is 0 Å². The Hall–Kier alpha value is -0.820. The molecule has 2 fully saturated rings. The van der Waals surface area contributed by atoms with E-state index in [-0.39, 0.29) is 0 Å². The van der Waals surface area contributed by atoms with Crippen molar-refractivity contribution in [1.82, 2.24) is 4.90 Å². The molecule has 1 nitrogen and oxygen atoms in total. The van der Waals surface area contributed by atoms with Gasteiger partial charge in [-0.05, 0) is 50.1 Å². The van der Waals surface area contributed by atoms with E-state index in [2.05, 4.69) is 42.2 Å². The summed E-state index contributed by atoms with van der Waals surface area (Å²) in [4.78, 5) is 2.86. The number of hydrogen-bond donors (Lipinski definition) is 0. The summed E-state index contributed by atoms with van der Waals surface area (Å²) < 4.78 is 0. The van der Waals surface area contributed by atoms with Gasteiger partial charge in [0.05, 0.1) is 0 Å². The van der Waals surface area contributed by atoms with E-state index in [4.69, 9.17) is 0 Å². The molecule has 1 aliphatic heterocycles. The molecule has 2 aliphatic rings. The quantitative estimate of drug-likeness (QED) is 0.778. The first kappa shape index (κ1) is 13.2. The second-order valence-corrected chi connectivity index (χ2v) is 6.43. The van der Waals surface area contributed by atoms with E-state index >= 15 is 0 Å². The fraction of sp³-hybridized carbons (Fsp3) is 0.667. The van der Waals surface area contributed by atoms with Gasteiger partial charge < -0.3 is 0 Å². The van der Waals surface area contributed by atoms with E-state index in [0.717, 1.165) is 18.0 Å². The first-order valence-corrected chi connectivity index (χ1v) is 8.18. The number of nitrogens with zero attached hydrogens (tertiary/aromatic N) is 1. The van der Waals surface area contributed by atoms with Gasteiger partial charge >= 0.3 is 0 Å². The molecule has 104 valence electrons. The number of rotatable bonds is 4. The molecule has 1 saturated heterocycles. The van der Waals surface area contributed by atoms with Gasteiger partial charge in [0, 0.05) is 12.1 Å². The molecule has 1 saturated carbocycles. The molecular formula is C18H27N. The lowest BCUT2D eigenvalue weighted by Crippen LogP contribution is -2.40. The van der Waals surface area contributed by atoms with Gasteiger partial charge in [-0.1, -0.05) is 50.1 Å². The Morgan fingerprint density at radius 1 is 1.11 bits per heavy atom. The Kier molecular flexibility index (Phi) is 4.22. The van der Waals surface area contributed by atoms with Crippen molar-refractivity contribution in [1.29, 1.82) is 0 Å². The molecule has 3 unspecified atom stereocenters. The maximum atomic E-state index is 2.86. The molecule has 0 aromatic heterocycles. The Balaban J connectivity index is 1.72. The van der Waals surface area contributed by atoms with Crippen LogP contribution >= 0.6 is 0 Å². The van der Waals surface area contributed by atoms with Crippen molar-refractivity contribution in [3.63, 3.8) is 0 Å². The Labute approximate surface area is 118 Å². The summed E-state index contributed by atoms with van der Waals surface area (Å²) in [7, 11) is 0. The molecule has 1 aliphatic carbocycles. The van der Waals surface area contributed by atoms with Crippen LogP contribution in [0.5, 0.6) is 0 Å². The first-order chi connectivity index (χ1) is 9.38. The van der Waals surface area contributed by atoms with Gasteiger partial charge in [-0.15, -0.1) is 0 Å². The average Bonchev–Trinajstić information content (AvgIpc) is 2.79. The summed E-state index contributed by atoms with van der Waals surface area (Å²) in [6.45, 7) is 3.63. The maximum absolute atomic E-state index is 2.86. The van der Waals surface area contributed by atoms with Crippen LogP contribution < -0.4 is 0 Å². The number of fused-ring (bicyclic) bond motifs is 1. The maximum Gasteiger partial charge on any atom is 0.0142 e. The predicted molar refractivity (Wildman–Crippen MR) is 81.3 cm³/mol. The van der Waals surface area contributed by atoms with Crippen LogP contribution in [0.25, 0.3) is 0 Å². The summed E-state index contributed by atoms with van der Waals surface area (Å²) in [5.41, 5.74) is 1.52. The highest BCUT2D eigenvalue weighted by molar-refractivity contribution is 5.17. The van der Waals surface area contributed by atoms with Crippen LogP contribution in [0.4, 0.5) is 0 Å². The zero-order valence-corrected chi connectivity index (χ0v) is 12.2. The van der Waals surface area contributed by atoms with E-state index in [9.17, 15) is 0 Å². The van der Waals surface area contributed by atoms with Gasteiger partial charge in [-0.2, -0.15) is 0 Å². The SMILES string of the molecule is CCCN1C(Cc2ccccc2)CC2CCCCC21. The molecule has 0 bridgehead atoms. The van der Waals surface area contributed by atoms with Crippen LogP contribution in [-0.4, -0.2) is 23.5 Å². The van der Waals surface area contributed by atoms with Crippen molar-refractivity contribution in [2.75, 3.05) is 6.54 Å². The van der Waals surface area contributed by atoms with Crippen LogP contribution in [0.2, 0.25) is 0 Å². The Morgan fingerprint density at radius 3 is 2.68 bits per heavy atom. The first-order valence-electron chi connectivity index (χ1n) is 8.18. The molecule has 0 amide bonds. The van der Waals surface area contributed by atoms with Crippen LogP contribution in [0.3, 0.4) is 0 Å². The lowest BCUT2D eigenvalue weighted by molar-refractivity contribution is 0.150. The van der Waals surface area contributed by atoms with E-state index in [1.807, 2.05) is 0 Å². The van der Waals surface area contributed by atoms with E-state index in [0.29, 0.717) is 0 Å². The molecule has 0 spiro atoms. The summed E-state index contributed by atoms with van der Waals surface area (Å²) in [5.74, 6) is 0.994. The summed E-state index contributed by atoms with van der Waals surface area (Å²) in [5, 5.41) is 0. The zero-order valence-electron chi connectivity index (χ0n) is 12.2. The molecule has 3 atom stereocenters. The van der Waals surface area contributed by atoms with Crippen LogP contribution in [0.15, 0.2) is 30.3 Å². The van der Waals surface area contributed by atoms with E-state index < -0.39 is 0 Å². The minimum atomic E-state index is 0.801. The third-order valence-electron chi connectivity index (χ3n) is 5.13. The predicted octanol–water partition coefficient (Wildman–Crippen LogP) is 4.27. The average molecular weight is 257 g/mol. The second-order valence-electron chi connectivity index (χ2n) is 6.43. The van der Waals surface area contributed by atoms with Gasteiger partial charge in [-0.3, -0.25) is 4.90 Å². The monoisotopic (exact) mass is 257 g/mol. The minimum Gasteiger partial charge on any atom is -0.297 e. The molecule has 0 N–H and O–H groups in total. The fourth-order valence-corrected chi connectivity index (χ4v) is 4.35.